The van der Waals surface area contributed by atoms with E-state index in [1.54, 1.807) is 6.92 Å². The summed E-state index contributed by atoms with van der Waals surface area (Å²) in [6, 6.07) is 20.0. The van der Waals surface area contributed by atoms with Crippen LogP contribution in [0, 0.1) is 11.8 Å². The molecule has 8 rings (SSSR count). The van der Waals surface area contributed by atoms with Gasteiger partial charge in [-0.2, -0.15) is 0 Å². The lowest BCUT2D eigenvalue weighted by Crippen LogP contribution is -2.54. The molecule has 3 fully saturated rings. The van der Waals surface area contributed by atoms with Gasteiger partial charge in [0, 0.05) is 36.5 Å². The minimum atomic E-state index is -0.679. The molecular formula is C45H51N7O6. The molecule has 6 atom stereocenters. The number of carbonyl (C=O) groups is 4. The second-order valence-corrected chi connectivity index (χ2v) is 16.3. The van der Waals surface area contributed by atoms with Crippen LogP contribution in [-0.4, -0.2) is 94.4 Å². The molecule has 4 amide bonds. The van der Waals surface area contributed by atoms with Gasteiger partial charge in [-0.1, -0.05) is 62.4 Å². The number of aliphatic imine (C=N–C) groups is 1. The van der Waals surface area contributed by atoms with E-state index in [4.69, 9.17) is 14.7 Å². The number of methoxy groups -OCH3 is 2. The summed E-state index contributed by atoms with van der Waals surface area (Å²) in [7, 11) is 2.59. The second-order valence-electron chi connectivity index (χ2n) is 16.3. The molecule has 0 spiro atoms. The molecule has 2 saturated heterocycles. The number of benzene rings is 3. The van der Waals surface area contributed by atoms with E-state index < -0.39 is 24.3 Å². The highest BCUT2D eigenvalue weighted by Crippen LogP contribution is 2.50. The van der Waals surface area contributed by atoms with Crippen LogP contribution >= 0.6 is 0 Å². The SMILES string of the molecule is COC(=O)N[C@@H](C)C(=O)N1CCC[C@H]1C1=NC=C(c2ccc(-c3ccc4cc(-c5cnc([C@@H]6[C@H]7CC[C@H](C7)N6C(=O)[C@@H](NC(=O)OC)C(C)C)[nH]5)ccc4c3)cc2)C1. The summed E-state index contributed by atoms with van der Waals surface area (Å²) in [4.78, 5) is 67.9. The number of carbonyl (C=O) groups excluding carboxylic acids is 4. The first kappa shape index (κ1) is 38.9. The first-order chi connectivity index (χ1) is 28.0. The summed E-state index contributed by atoms with van der Waals surface area (Å²) in [5, 5.41) is 7.58. The van der Waals surface area contributed by atoms with Crippen molar-refractivity contribution in [3.63, 3.8) is 0 Å². The molecule has 3 aliphatic heterocycles. The van der Waals surface area contributed by atoms with Crippen LogP contribution in [0.15, 0.2) is 78.1 Å². The zero-order chi connectivity index (χ0) is 40.7. The fourth-order valence-corrected chi connectivity index (χ4v) is 9.37. The molecule has 0 unspecified atom stereocenters. The molecule has 1 aromatic heterocycles. The van der Waals surface area contributed by atoms with Crippen molar-refractivity contribution in [1.29, 1.82) is 0 Å². The van der Waals surface area contributed by atoms with E-state index >= 15 is 0 Å². The second kappa shape index (κ2) is 16.1. The van der Waals surface area contributed by atoms with Gasteiger partial charge >= 0.3 is 12.2 Å². The first-order valence-electron chi connectivity index (χ1n) is 20.3. The lowest BCUT2D eigenvalue weighted by atomic mass is 9.95. The summed E-state index contributed by atoms with van der Waals surface area (Å²) in [6.45, 7) is 6.18. The number of piperidine rings is 1. The number of rotatable bonds is 10. The van der Waals surface area contributed by atoms with Gasteiger partial charge < -0.3 is 34.9 Å². The van der Waals surface area contributed by atoms with E-state index in [0.717, 1.165) is 87.9 Å². The van der Waals surface area contributed by atoms with Crippen molar-refractivity contribution in [3.05, 3.63) is 84.4 Å². The Hall–Kier alpha value is -5.98. The van der Waals surface area contributed by atoms with Gasteiger partial charge in [0.05, 0.1) is 38.2 Å². The Kier molecular flexibility index (Phi) is 10.8. The normalized spacial score (nSPS) is 22.2. The van der Waals surface area contributed by atoms with E-state index in [0.29, 0.717) is 18.9 Å². The molecule has 3 aromatic carbocycles. The number of allylic oxidation sites excluding steroid dienone is 1. The summed E-state index contributed by atoms with van der Waals surface area (Å²) >= 11 is 0. The Morgan fingerprint density at radius 3 is 2.21 bits per heavy atom. The molecule has 4 aliphatic rings. The Morgan fingerprint density at radius 2 is 1.48 bits per heavy atom. The lowest BCUT2D eigenvalue weighted by Gasteiger charge is -2.37. The Balaban J connectivity index is 0.929. The van der Waals surface area contributed by atoms with Crippen LogP contribution in [0.1, 0.15) is 76.7 Å². The monoisotopic (exact) mass is 785 g/mol. The van der Waals surface area contributed by atoms with Crippen LogP contribution in [0.3, 0.4) is 0 Å². The fraction of sp³-hybridized carbons (Fsp3) is 0.422. The van der Waals surface area contributed by atoms with Crippen molar-refractivity contribution >= 4 is 46.1 Å². The predicted octanol–water partition coefficient (Wildman–Crippen LogP) is 7.25. The van der Waals surface area contributed by atoms with Gasteiger partial charge in [0.2, 0.25) is 11.8 Å². The highest BCUT2D eigenvalue weighted by atomic mass is 16.5. The number of amides is 4. The molecule has 1 saturated carbocycles. The predicted molar refractivity (Wildman–Crippen MR) is 222 cm³/mol. The summed E-state index contributed by atoms with van der Waals surface area (Å²) in [5.41, 5.74) is 7.32. The Morgan fingerprint density at radius 1 is 0.810 bits per heavy atom. The molecule has 58 heavy (non-hydrogen) atoms. The first-order valence-corrected chi connectivity index (χ1v) is 20.3. The molecule has 4 aromatic rings. The van der Waals surface area contributed by atoms with Gasteiger partial charge in [0.25, 0.3) is 0 Å². The number of likely N-dealkylation sites (tertiary alicyclic amines) is 2. The minimum absolute atomic E-state index is 0.0832. The average molecular weight is 786 g/mol. The highest BCUT2D eigenvalue weighted by Gasteiger charge is 2.51. The number of aromatic amines is 1. The highest BCUT2D eigenvalue weighted by molar-refractivity contribution is 6.04. The number of nitrogens with zero attached hydrogens (tertiary/aromatic N) is 4. The van der Waals surface area contributed by atoms with E-state index in [1.807, 2.05) is 36.0 Å². The van der Waals surface area contributed by atoms with Crippen LogP contribution in [-0.2, 0) is 19.1 Å². The third kappa shape index (κ3) is 7.45. The number of fused-ring (bicyclic) bond motifs is 3. The number of aromatic nitrogens is 2. The van der Waals surface area contributed by atoms with Crippen LogP contribution in [0.4, 0.5) is 9.59 Å². The summed E-state index contributed by atoms with van der Waals surface area (Å²) in [5.74, 6) is 0.780. The molecule has 4 heterocycles. The molecule has 3 N–H and O–H groups in total. The van der Waals surface area contributed by atoms with Crippen molar-refractivity contribution in [2.45, 2.75) is 89.5 Å². The van der Waals surface area contributed by atoms with E-state index in [-0.39, 0.29) is 35.9 Å². The van der Waals surface area contributed by atoms with Gasteiger partial charge in [-0.25, -0.2) is 14.6 Å². The van der Waals surface area contributed by atoms with Crippen LogP contribution < -0.4 is 10.6 Å². The largest absolute Gasteiger partial charge is 0.453 e. The number of alkyl carbamates (subject to hydrolysis) is 2. The fourth-order valence-electron chi connectivity index (χ4n) is 9.37. The molecule has 1 aliphatic carbocycles. The number of ether oxygens (including phenoxy) is 2. The third-order valence-corrected chi connectivity index (χ3v) is 12.4. The standard InChI is InChI=1S/C45H51N7O6/c1-25(2)39(50-45(56)58-5)43(54)52-35-17-16-33(21-35)40(52)41-47-24-37(49-41)32-15-14-30-19-29(12-13-31(30)20-32)27-8-10-28(11-9-27)34-22-36(46-23-34)38-7-6-18-51(38)42(53)26(3)48-44(55)57-4/h8-15,19-20,23-26,33,35,38-40H,6-7,16-18,21-22H2,1-5H3,(H,47,49)(H,48,55)(H,50,56)/t26-,33-,35+,38-,39-,40-/m0/s1. The zero-order valence-electron chi connectivity index (χ0n) is 33.7. The van der Waals surface area contributed by atoms with Crippen molar-refractivity contribution in [1.82, 2.24) is 30.4 Å². The van der Waals surface area contributed by atoms with Crippen molar-refractivity contribution < 1.29 is 28.7 Å². The minimum Gasteiger partial charge on any atom is -0.453 e. The molecular weight excluding hydrogens is 735 g/mol. The van der Waals surface area contributed by atoms with Crippen molar-refractivity contribution in [3.8, 4) is 22.4 Å². The van der Waals surface area contributed by atoms with Gasteiger partial charge in [-0.3, -0.25) is 14.6 Å². The summed E-state index contributed by atoms with van der Waals surface area (Å²) < 4.78 is 9.50. The number of hydrogen-bond donors (Lipinski definition) is 3. The lowest BCUT2D eigenvalue weighted by molar-refractivity contribution is -0.139. The molecule has 13 nitrogen and oxygen atoms in total. The summed E-state index contributed by atoms with van der Waals surface area (Å²) in [6.07, 6.45) is 7.90. The topological polar surface area (TPSA) is 158 Å². The van der Waals surface area contributed by atoms with Crippen LogP contribution in [0.5, 0.6) is 0 Å². The average Bonchev–Trinajstić information content (AvgIpc) is 4.10. The van der Waals surface area contributed by atoms with Crippen LogP contribution in [0.2, 0.25) is 0 Å². The third-order valence-electron chi connectivity index (χ3n) is 12.4. The van der Waals surface area contributed by atoms with Gasteiger partial charge in [0.1, 0.15) is 17.9 Å². The molecule has 302 valence electrons. The van der Waals surface area contributed by atoms with Crippen molar-refractivity contribution in [2.24, 2.45) is 16.8 Å². The van der Waals surface area contributed by atoms with Gasteiger partial charge in [-0.15, -0.1) is 0 Å². The van der Waals surface area contributed by atoms with Crippen molar-refractivity contribution in [2.75, 3.05) is 20.8 Å². The number of imidazole rings is 1. The van der Waals surface area contributed by atoms with Gasteiger partial charge in [0.15, 0.2) is 0 Å². The number of H-pyrrole nitrogens is 1. The Bertz CT molecular complexity index is 2300. The maximum atomic E-state index is 14.0. The van der Waals surface area contributed by atoms with E-state index in [2.05, 4.69) is 81.0 Å². The molecule has 13 heteroatoms. The molecule has 2 bridgehead atoms. The van der Waals surface area contributed by atoms with Crippen LogP contribution in [0.25, 0.3) is 38.7 Å². The number of nitrogens with one attached hydrogen (secondary N) is 3. The van der Waals surface area contributed by atoms with E-state index in [9.17, 15) is 19.2 Å². The maximum Gasteiger partial charge on any atom is 0.407 e. The van der Waals surface area contributed by atoms with E-state index in [1.165, 1.54) is 14.2 Å². The Labute approximate surface area is 338 Å². The quantitative estimate of drug-likeness (QED) is 0.153. The maximum absolute atomic E-state index is 14.0. The molecule has 0 radical (unpaired) electrons. The number of hydrogen-bond acceptors (Lipinski definition) is 8. The smallest absolute Gasteiger partial charge is 0.407 e. The zero-order valence-corrected chi connectivity index (χ0v) is 33.7. The van der Waals surface area contributed by atoms with Gasteiger partial charge in [-0.05, 0) is 96.0 Å².